The van der Waals surface area contributed by atoms with E-state index in [1.807, 2.05) is 0 Å². The number of unbranched alkanes of at least 4 members (excludes halogenated alkanes) is 21. The van der Waals surface area contributed by atoms with Crippen LogP contribution in [0.15, 0.2) is 12.2 Å². The first-order valence-electron chi connectivity index (χ1n) is 18.1. The van der Waals surface area contributed by atoms with Crippen LogP contribution < -0.4 is 5.32 Å². The first-order chi connectivity index (χ1) is 20.5. The number of rotatable bonds is 32. The van der Waals surface area contributed by atoms with Gasteiger partial charge in [-0.2, -0.15) is 0 Å². The van der Waals surface area contributed by atoms with Crippen LogP contribution in [0.1, 0.15) is 181 Å². The fourth-order valence-electron chi connectivity index (χ4n) is 5.52. The molecule has 0 aliphatic heterocycles. The zero-order valence-corrected chi connectivity index (χ0v) is 27.8. The molecule has 4 atom stereocenters. The summed E-state index contributed by atoms with van der Waals surface area (Å²) in [6.07, 6.45) is 30.9. The Hall–Kier alpha value is -0.950. The fraction of sp³-hybridized carbons (Fsp3) is 0.917. The lowest BCUT2D eigenvalue weighted by atomic mass is 10.00. The first-order valence-corrected chi connectivity index (χ1v) is 18.1. The lowest BCUT2D eigenvalue weighted by Gasteiger charge is -2.27. The minimum Gasteiger partial charge on any atom is -0.394 e. The van der Waals surface area contributed by atoms with Gasteiger partial charge in [-0.15, -0.1) is 0 Å². The SMILES string of the molecule is CCCCCCCCCC=CCCCC(O)C(O)C(CO)NC(=O)C(O)CCCCCCCCCCCCCCCC. The highest BCUT2D eigenvalue weighted by Gasteiger charge is 2.28. The minimum atomic E-state index is -1.27. The van der Waals surface area contributed by atoms with Crippen molar-refractivity contribution in [2.24, 2.45) is 0 Å². The standard InChI is InChI=1S/C36H71NO5/c1-3-5-7-9-11-13-15-17-18-20-22-24-26-28-30-34(40)36(42)37-32(31-38)35(41)33(39)29-27-25-23-21-19-16-14-12-10-8-6-4-2/h21,23,32-35,38-41H,3-20,22,24-31H2,1-2H3,(H,37,42). The van der Waals surface area contributed by atoms with Crippen molar-refractivity contribution in [2.45, 2.75) is 205 Å². The molecule has 4 unspecified atom stereocenters. The Bertz CT molecular complexity index is 599. The van der Waals surface area contributed by atoms with Gasteiger partial charge in [0.05, 0.1) is 18.8 Å². The highest BCUT2D eigenvalue weighted by molar-refractivity contribution is 5.80. The van der Waals surface area contributed by atoms with E-state index in [-0.39, 0.29) is 0 Å². The number of nitrogens with one attached hydrogen (secondary N) is 1. The van der Waals surface area contributed by atoms with E-state index < -0.39 is 36.9 Å². The summed E-state index contributed by atoms with van der Waals surface area (Å²) in [5.74, 6) is -0.594. The minimum absolute atomic E-state index is 0.367. The average molecular weight is 598 g/mol. The zero-order chi connectivity index (χ0) is 31.1. The zero-order valence-electron chi connectivity index (χ0n) is 27.8. The molecule has 0 aromatic heterocycles. The molecule has 1 amide bonds. The smallest absolute Gasteiger partial charge is 0.249 e. The van der Waals surface area contributed by atoms with E-state index in [4.69, 9.17) is 0 Å². The third kappa shape index (κ3) is 25.5. The average Bonchev–Trinajstić information content (AvgIpc) is 2.99. The molecule has 42 heavy (non-hydrogen) atoms. The Morgan fingerprint density at radius 2 is 0.976 bits per heavy atom. The normalized spacial score (nSPS) is 14.7. The van der Waals surface area contributed by atoms with Crippen molar-refractivity contribution in [3.05, 3.63) is 12.2 Å². The lowest BCUT2D eigenvalue weighted by Crippen LogP contribution is -2.53. The molecule has 0 saturated carbocycles. The van der Waals surface area contributed by atoms with Crippen LogP contribution in [0.5, 0.6) is 0 Å². The van der Waals surface area contributed by atoms with Gasteiger partial charge < -0.3 is 25.7 Å². The van der Waals surface area contributed by atoms with Crippen LogP contribution in [-0.2, 0) is 4.79 Å². The maximum Gasteiger partial charge on any atom is 0.249 e. The number of amides is 1. The van der Waals surface area contributed by atoms with Gasteiger partial charge in [-0.05, 0) is 38.5 Å². The predicted octanol–water partition coefficient (Wildman–Crippen LogP) is 8.28. The molecule has 0 rings (SSSR count). The molecule has 0 fully saturated rings. The van der Waals surface area contributed by atoms with Gasteiger partial charge in [0.25, 0.3) is 0 Å². The van der Waals surface area contributed by atoms with Crippen LogP contribution in [0.25, 0.3) is 0 Å². The molecular weight excluding hydrogens is 526 g/mol. The van der Waals surface area contributed by atoms with Crippen LogP contribution in [0.2, 0.25) is 0 Å². The molecule has 0 aliphatic rings. The second kappa shape index (κ2) is 31.5. The van der Waals surface area contributed by atoms with Crippen LogP contribution in [0.3, 0.4) is 0 Å². The highest BCUT2D eigenvalue weighted by atomic mass is 16.3. The maximum absolute atomic E-state index is 12.4. The fourth-order valence-corrected chi connectivity index (χ4v) is 5.52. The van der Waals surface area contributed by atoms with Crippen molar-refractivity contribution in [3.8, 4) is 0 Å². The second-order valence-corrected chi connectivity index (χ2v) is 12.6. The van der Waals surface area contributed by atoms with Gasteiger partial charge in [0.1, 0.15) is 12.2 Å². The van der Waals surface area contributed by atoms with E-state index >= 15 is 0 Å². The molecule has 0 aliphatic carbocycles. The Labute approximate surface area is 260 Å². The number of carbonyl (C=O) groups excluding carboxylic acids is 1. The largest absolute Gasteiger partial charge is 0.394 e. The molecule has 250 valence electrons. The molecule has 0 bridgehead atoms. The molecule has 5 N–H and O–H groups in total. The Morgan fingerprint density at radius 3 is 1.43 bits per heavy atom. The van der Waals surface area contributed by atoms with Crippen molar-refractivity contribution in [1.29, 1.82) is 0 Å². The van der Waals surface area contributed by atoms with E-state index in [1.165, 1.54) is 116 Å². The maximum atomic E-state index is 12.4. The van der Waals surface area contributed by atoms with Crippen LogP contribution in [0, 0.1) is 0 Å². The van der Waals surface area contributed by atoms with E-state index in [1.54, 1.807) is 0 Å². The summed E-state index contributed by atoms with van der Waals surface area (Å²) in [4.78, 5) is 12.4. The van der Waals surface area contributed by atoms with Gasteiger partial charge in [0.15, 0.2) is 0 Å². The van der Waals surface area contributed by atoms with Gasteiger partial charge in [0.2, 0.25) is 5.91 Å². The number of hydrogen-bond donors (Lipinski definition) is 5. The van der Waals surface area contributed by atoms with Gasteiger partial charge >= 0.3 is 0 Å². The summed E-state index contributed by atoms with van der Waals surface area (Å²) < 4.78 is 0. The monoisotopic (exact) mass is 598 g/mol. The summed E-state index contributed by atoms with van der Waals surface area (Å²) in [5, 5.41) is 43.3. The van der Waals surface area contributed by atoms with Crippen LogP contribution >= 0.6 is 0 Å². The van der Waals surface area contributed by atoms with Crippen molar-refractivity contribution in [3.63, 3.8) is 0 Å². The molecular formula is C36H71NO5. The summed E-state index contributed by atoms with van der Waals surface area (Å²) in [6, 6.07) is -0.994. The molecule has 0 spiro atoms. The second-order valence-electron chi connectivity index (χ2n) is 12.6. The first kappa shape index (κ1) is 41.0. The third-order valence-electron chi connectivity index (χ3n) is 8.48. The van der Waals surface area contributed by atoms with Crippen molar-refractivity contribution in [2.75, 3.05) is 6.61 Å². The van der Waals surface area contributed by atoms with Crippen LogP contribution in [-0.4, -0.2) is 57.3 Å². The molecule has 0 aromatic carbocycles. The van der Waals surface area contributed by atoms with Crippen LogP contribution in [0.4, 0.5) is 0 Å². The van der Waals surface area contributed by atoms with Crippen molar-refractivity contribution in [1.82, 2.24) is 5.32 Å². The summed E-state index contributed by atoms with van der Waals surface area (Å²) in [7, 11) is 0. The van der Waals surface area contributed by atoms with E-state index in [2.05, 4.69) is 31.3 Å². The summed E-state index contributed by atoms with van der Waals surface area (Å²) >= 11 is 0. The van der Waals surface area contributed by atoms with Gasteiger partial charge in [-0.3, -0.25) is 4.79 Å². The number of aliphatic hydroxyl groups excluding tert-OH is 4. The van der Waals surface area contributed by atoms with Crippen molar-refractivity contribution >= 4 is 5.91 Å². The molecule has 0 aromatic rings. The summed E-state index contributed by atoms with van der Waals surface area (Å²) in [5.41, 5.74) is 0. The quantitative estimate of drug-likeness (QED) is 0.0396. The topological polar surface area (TPSA) is 110 Å². The highest BCUT2D eigenvalue weighted by Crippen LogP contribution is 2.15. The molecule has 0 heterocycles. The van der Waals surface area contributed by atoms with Gasteiger partial charge in [-0.25, -0.2) is 0 Å². The van der Waals surface area contributed by atoms with E-state index in [0.29, 0.717) is 12.8 Å². The number of allylic oxidation sites excluding steroid dienone is 2. The van der Waals surface area contributed by atoms with E-state index in [0.717, 1.165) is 38.5 Å². The molecule has 6 heteroatoms. The number of hydrogen-bond acceptors (Lipinski definition) is 5. The number of aliphatic hydroxyl groups is 4. The predicted molar refractivity (Wildman–Crippen MR) is 178 cm³/mol. The third-order valence-corrected chi connectivity index (χ3v) is 8.48. The number of carbonyl (C=O) groups is 1. The van der Waals surface area contributed by atoms with Gasteiger partial charge in [0, 0.05) is 0 Å². The molecule has 0 saturated heterocycles. The Kier molecular flexibility index (Phi) is 30.8. The Morgan fingerprint density at radius 1 is 0.571 bits per heavy atom. The molecule has 0 radical (unpaired) electrons. The summed E-state index contributed by atoms with van der Waals surface area (Å²) in [6.45, 7) is 4.00. The van der Waals surface area contributed by atoms with Crippen molar-refractivity contribution < 1.29 is 25.2 Å². The van der Waals surface area contributed by atoms with Gasteiger partial charge in [-0.1, -0.05) is 154 Å². The molecule has 6 nitrogen and oxygen atoms in total. The lowest BCUT2D eigenvalue weighted by molar-refractivity contribution is -0.132. The Balaban J connectivity index is 3.86. The van der Waals surface area contributed by atoms with E-state index in [9.17, 15) is 25.2 Å².